The van der Waals surface area contributed by atoms with Crippen molar-refractivity contribution in [2.24, 2.45) is 5.41 Å². The molecule has 1 aromatic carbocycles. The number of halogens is 1. The summed E-state index contributed by atoms with van der Waals surface area (Å²) in [7, 11) is 5.85. The molecule has 2 aliphatic rings. The number of Topliss-reactive ketones (excluding diaryl/α,β-unsaturated/α-hetero) is 1. The van der Waals surface area contributed by atoms with Crippen molar-refractivity contribution < 1.29 is 9.53 Å². The highest BCUT2D eigenvalue weighted by molar-refractivity contribution is 6.07. The molecule has 0 radical (unpaired) electrons. The molecule has 2 aliphatic carbocycles. The number of hydrogen-bond acceptors (Lipinski definition) is 3. The van der Waals surface area contributed by atoms with Crippen LogP contribution in [0.1, 0.15) is 44.1 Å². The number of ketones is 1. The molecule has 0 spiro atoms. The molecule has 1 aromatic rings. The van der Waals surface area contributed by atoms with E-state index in [0.29, 0.717) is 5.78 Å². The third-order valence-electron chi connectivity index (χ3n) is 5.62. The van der Waals surface area contributed by atoms with Crippen LogP contribution < -0.4 is 4.74 Å². The number of hydrogen-bond donors (Lipinski definition) is 0. The van der Waals surface area contributed by atoms with Crippen LogP contribution in [-0.4, -0.2) is 38.4 Å². The zero-order valence-corrected chi connectivity index (χ0v) is 16.9. The molecule has 0 aromatic heterocycles. The van der Waals surface area contributed by atoms with Crippen LogP contribution in [0.25, 0.3) is 6.08 Å². The third kappa shape index (κ3) is 4.21. The molecule has 142 valence electrons. The molecular weight excluding hydrogens is 346 g/mol. The molecule has 0 aliphatic heterocycles. The number of methoxy groups -OCH3 is 1. The van der Waals surface area contributed by atoms with Gasteiger partial charge in [0.2, 0.25) is 0 Å². The number of nitrogens with zero attached hydrogens (tertiary/aromatic N) is 1. The van der Waals surface area contributed by atoms with Gasteiger partial charge in [-0.15, -0.1) is 12.4 Å². The van der Waals surface area contributed by atoms with E-state index < -0.39 is 0 Å². The van der Waals surface area contributed by atoms with Crippen molar-refractivity contribution in [1.29, 1.82) is 0 Å². The first kappa shape index (κ1) is 20.7. The lowest BCUT2D eigenvalue weighted by Crippen LogP contribution is -2.32. The van der Waals surface area contributed by atoms with Gasteiger partial charge in [-0.2, -0.15) is 0 Å². The summed E-state index contributed by atoms with van der Waals surface area (Å²) in [6.07, 6.45) is 10.6. The van der Waals surface area contributed by atoms with Crippen LogP contribution in [0.3, 0.4) is 0 Å². The smallest absolute Gasteiger partial charge is 0.169 e. The minimum absolute atomic E-state index is 0. The molecule has 3 nitrogen and oxygen atoms in total. The van der Waals surface area contributed by atoms with Crippen molar-refractivity contribution in [3.8, 4) is 5.75 Å². The summed E-state index contributed by atoms with van der Waals surface area (Å²) in [6.45, 7) is 0.954. The topological polar surface area (TPSA) is 29.5 Å². The fourth-order valence-corrected chi connectivity index (χ4v) is 4.18. The summed E-state index contributed by atoms with van der Waals surface area (Å²) >= 11 is 0. The normalized spacial score (nSPS) is 24.1. The van der Waals surface area contributed by atoms with E-state index in [1.165, 1.54) is 12.0 Å². The summed E-state index contributed by atoms with van der Waals surface area (Å²) in [6, 6.07) is 7.94. The fourth-order valence-electron chi connectivity index (χ4n) is 4.18. The Morgan fingerprint density at radius 2 is 2.08 bits per heavy atom. The average molecular weight is 376 g/mol. The Balaban J connectivity index is 0.00000243. The maximum absolute atomic E-state index is 13.4. The molecule has 4 heteroatoms. The van der Waals surface area contributed by atoms with Crippen LogP contribution >= 0.6 is 12.4 Å². The van der Waals surface area contributed by atoms with Gasteiger partial charge in [-0.1, -0.05) is 23.8 Å². The lowest BCUT2D eigenvalue weighted by atomic mass is 9.74. The van der Waals surface area contributed by atoms with Crippen LogP contribution in [0.2, 0.25) is 0 Å². The van der Waals surface area contributed by atoms with Gasteiger partial charge in [0.15, 0.2) is 5.78 Å². The van der Waals surface area contributed by atoms with E-state index in [-0.39, 0.29) is 17.8 Å². The largest absolute Gasteiger partial charge is 0.497 e. The molecule has 0 saturated heterocycles. The van der Waals surface area contributed by atoms with E-state index in [1.54, 1.807) is 7.11 Å². The van der Waals surface area contributed by atoms with Crippen molar-refractivity contribution in [2.45, 2.75) is 38.5 Å². The lowest BCUT2D eigenvalue weighted by molar-refractivity contribution is -0.121. The molecule has 0 heterocycles. The van der Waals surface area contributed by atoms with Crippen LogP contribution in [0.15, 0.2) is 41.5 Å². The first-order valence-corrected chi connectivity index (χ1v) is 9.29. The molecular formula is C22H30ClNO2. The standard InChI is InChI=1S/C22H29NO2.ClH/c1-23(2)14-13-22(19-8-4-5-9-19)12-11-18(21(22)24)15-17-7-6-10-20(16-17)25-3;/h6-8,10,15-16H,4-5,9,11-14H2,1-3H3;1H. The van der Waals surface area contributed by atoms with Crippen LogP contribution in [0.5, 0.6) is 5.75 Å². The number of carbonyl (C=O) groups excluding carboxylic acids is 1. The Labute approximate surface area is 163 Å². The molecule has 0 N–H and O–H groups in total. The summed E-state index contributed by atoms with van der Waals surface area (Å²) in [5.74, 6) is 1.18. The van der Waals surface area contributed by atoms with Crippen LogP contribution in [0, 0.1) is 5.41 Å². The van der Waals surface area contributed by atoms with Gasteiger partial charge in [-0.05, 0) is 88.5 Å². The fraction of sp³-hybridized carbons (Fsp3) is 0.500. The van der Waals surface area contributed by atoms with Crippen LogP contribution in [0.4, 0.5) is 0 Å². The molecule has 0 bridgehead atoms. The van der Waals surface area contributed by atoms with Crippen molar-refractivity contribution in [2.75, 3.05) is 27.7 Å². The zero-order chi connectivity index (χ0) is 17.9. The van der Waals surface area contributed by atoms with E-state index in [1.807, 2.05) is 24.3 Å². The third-order valence-corrected chi connectivity index (χ3v) is 5.62. The van der Waals surface area contributed by atoms with Crippen molar-refractivity contribution in [3.63, 3.8) is 0 Å². The Morgan fingerprint density at radius 3 is 2.73 bits per heavy atom. The minimum atomic E-state index is -0.258. The number of benzene rings is 1. The number of ether oxygens (including phenoxy) is 1. The van der Waals surface area contributed by atoms with Gasteiger partial charge in [0.05, 0.1) is 12.5 Å². The van der Waals surface area contributed by atoms with E-state index >= 15 is 0 Å². The lowest BCUT2D eigenvalue weighted by Gasteiger charge is -2.30. The van der Waals surface area contributed by atoms with Gasteiger partial charge in [0, 0.05) is 0 Å². The second kappa shape index (κ2) is 8.88. The number of carbonyl (C=O) groups is 1. The minimum Gasteiger partial charge on any atom is -0.497 e. The SMILES string of the molecule is COc1cccc(C=C2CCC(CCN(C)C)(C3=CCCC3)C2=O)c1.Cl. The predicted octanol–water partition coefficient (Wildman–Crippen LogP) is 4.91. The van der Waals surface area contributed by atoms with Crippen molar-refractivity contribution in [1.82, 2.24) is 4.90 Å². The Hall–Kier alpha value is -1.58. The van der Waals surface area contributed by atoms with Gasteiger partial charge >= 0.3 is 0 Å². The van der Waals surface area contributed by atoms with Gasteiger partial charge in [-0.3, -0.25) is 4.79 Å². The summed E-state index contributed by atoms with van der Waals surface area (Å²) in [5, 5.41) is 0. The zero-order valence-electron chi connectivity index (χ0n) is 16.1. The first-order valence-electron chi connectivity index (χ1n) is 9.29. The van der Waals surface area contributed by atoms with Gasteiger partial charge in [0.1, 0.15) is 5.75 Å². The summed E-state index contributed by atoms with van der Waals surface area (Å²) in [4.78, 5) is 15.6. The monoisotopic (exact) mass is 375 g/mol. The Morgan fingerprint density at radius 1 is 1.27 bits per heavy atom. The average Bonchev–Trinajstić information content (AvgIpc) is 3.24. The second-order valence-electron chi connectivity index (χ2n) is 7.53. The maximum atomic E-state index is 13.4. The molecule has 1 atom stereocenters. The Kier molecular flexibility index (Phi) is 7.08. The first-order chi connectivity index (χ1) is 12.0. The van der Waals surface area contributed by atoms with Gasteiger partial charge in [0.25, 0.3) is 0 Å². The highest BCUT2D eigenvalue weighted by atomic mass is 35.5. The summed E-state index contributed by atoms with van der Waals surface area (Å²) < 4.78 is 5.30. The molecule has 1 saturated carbocycles. The van der Waals surface area contributed by atoms with Crippen molar-refractivity contribution >= 4 is 24.3 Å². The molecule has 3 rings (SSSR count). The Bertz CT molecular complexity index is 708. The highest BCUT2D eigenvalue weighted by Gasteiger charge is 2.47. The predicted molar refractivity (Wildman–Crippen MR) is 110 cm³/mol. The van der Waals surface area contributed by atoms with E-state index in [4.69, 9.17) is 4.74 Å². The number of allylic oxidation sites excluding steroid dienone is 3. The van der Waals surface area contributed by atoms with E-state index in [0.717, 1.165) is 55.5 Å². The quantitative estimate of drug-likeness (QED) is 0.522. The van der Waals surface area contributed by atoms with Gasteiger partial charge in [-0.25, -0.2) is 0 Å². The highest BCUT2D eigenvalue weighted by Crippen LogP contribution is 2.50. The molecule has 26 heavy (non-hydrogen) atoms. The molecule has 1 unspecified atom stereocenters. The maximum Gasteiger partial charge on any atom is 0.169 e. The van der Waals surface area contributed by atoms with E-state index in [9.17, 15) is 4.79 Å². The number of rotatable bonds is 6. The van der Waals surface area contributed by atoms with Crippen LogP contribution in [-0.2, 0) is 4.79 Å². The molecule has 1 fully saturated rings. The van der Waals surface area contributed by atoms with E-state index in [2.05, 4.69) is 31.1 Å². The summed E-state index contributed by atoms with van der Waals surface area (Å²) in [5.41, 5.74) is 3.16. The second-order valence-corrected chi connectivity index (χ2v) is 7.53. The molecule has 0 amide bonds. The van der Waals surface area contributed by atoms with Gasteiger partial charge < -0.3 is 9.64 Å². The van der Waals surface area contributed by atoms with Crippen molar-refractivity contribution in [3.05, 3.63) is 47.1 Å².